The third kappa shape index (κ3) is 2.99. The SMILES string of the molecule is Cc1ccc2c(NCC3(O)CC3)nc(=O)n(-c3ccccc3Cl)c2n1. The maximum absolute atomic E-state index is 12.7. The lowest BCUT2D eigenvalue weighted by molar-refractivity contribution is 0.164. The van der Waals surface area contributed by atoms with E-state index in [0.29, 0.717) is 34.1 Å². The predicted molar refractivity (Wildman–Crippen MR) is 97.6 cm³/mol. The third-order valence-corrected chi connectivity index (χ3v) is 4.71. The van der Waals surface area contributed by atoms with Crippen LogP contribution in [0, 0.1) is 6.92 Å². The minimum absolute atomic E-state index is 0.360. The molecule has 4 rings (SSSR count). The molecule has 6 nitrogen and oxygen atoms in total. The van der Waals surface area contributed by atoms with Crippen molar-refractivity contribution in [2.24, 2.45) is 0 Å². The van der Waals surface area contributed by atoms with Crippen LogP contribution in [-0.4, -0.2) is 31.8 Å². The Morgan fingerprint density at radius 3 is 2.72 bits per heavy atom. The summed E-state index contributed by atoms with van der Waals surface area (Å²) in [5, 5.41) is 14.3. The zero-order valence-electron chi connectivity index (χ0n) is 13.7. The van der Waals surface area contributed by atoms with Crippen molar-refractivity contribution in [2.75, 3.05) is 11.9 Å². The summed E-state index contributed by atoms with van der Waals surface area (Å²) in [4.78, 5) is 21.4. The number of hydrogen-bond acceptors (Lipinski definition) is 5. The van der Waals surface area contributed by atoms with Gasteiger partial charge in [0.2, 0.25) is 0 Å². The third-order valence-electron chi connectivity index (χ3n) is 4.39. The normalized spacial score (nSPS) is 15.3. The number of para-hydroxylation sites is 1. The van der Waals surface area contributed by atoms with Gasteiger partial charge in [0.1, 0.15) is 5.82 Å². The van der Waals surface area contributed by atoms with Crippen LogP contribution in [0.4, 0.5) is 5.82 Å². The molecule has 1 saturated carbocycles. The summed E-state index contributed by atoms with van der Waals surface area (Å²) in [6.07, 6.45) is 1.51. The van der Waals surface area contributed by atoms with E-state index in [1.807, 2.05) is 25.1 Å². The molecule has 1 fully saturated rings. The van der Waals surface area contributed by atoms with Crippen molar-refractivity contribution in [3.05, 3.63) is 57.6 Å². The number of aromatic nitrogens is 3. The second-order valence-electron chi connectivity index (χ2n) is 6.43. The molecule has 0 spiro atoms. The van der Waals surface area contributed by atoms with Gasteiger partial charge in [-0.2, -0.15) is 4.98 Å². The molecule has 128 valence electrons. The highest BCUT2D eigenvalue weighted by Crippen LogP contribution is 2.35. The van der Waals surface area contributed by atoms with Crippen LogP contribution in [-0.2, 0) is 0 Å². The lowest BCUT2D eigenvalue weighted by atomic mass is 10.2. The number of rotatable bonds is 4. The van der Waals surface area contributed by atoms with Gasteiger partial charge in [0.25, 0.3) is 0 Å². The molecule has 1 aromatic carbocycles. The van der Waals surface area contributed by atoms with Crippen molar-refractivity contribution in [3.8, 4) is 5.69 Å². The van der Waals surface area contributed by atoms with Crippen LogP contribution < -0.4 is 11.0 Å². The van der Waals surface area contributed by atoms with Crippen LogP contribution >= 0.6 is 11.6 Å². The second kappa shape index (κ2) is 5.82. The fraction of sp³-hybridized carbons (Fsp3) is 0.278. The summed E-state index contributed by atoms with van der Waals surface area (Å²) < 4.78 is 1.42. The number of fused-ring (bicyclic) bond motifs is 1. The molecule has 7 heteroatoms. The van der Waals surface area contributed by atoms with Gasteiger partial charge in [0.05, 0.1) is 21.7 Å². The van der Waals surface area contributed by atoms with Crippen LogP contribution in [0.3, 0.4) is 0 Å². The predicted octanol–water partition coefficient (Wildman–Crippen LogP) is 2.68. The van der Waals surface area contributed by atoms with Gasteiger partial charge in [-0.15, -0.1) is 0 Å². The van der Waals surface area contributed by atoms with Gasteiger partial charge >= 0.3 is 5.69 Å². The molecule has 0 amide bonds. The number of pyridine rings is 1. The van der Waals surface area contributed by atoms with E-state index >= 15 is 0 Å². The number of aliphatic hydroxyl groups is 1. The monoisotopic (exact) mass is 356 g/mol. The van der Waals surface area contributed by atoms with Gasteiger partial charge in [-0.3, -0.25) is 0 Å². The second-order valence-corrected chi connectivity index (χ2v) is 6.84. The summed E-state index contributed by atoms with van der Waals surface area (Å²) in [5.41, 5.74) is 0.647. The molecule has 0 atom stereocenters. The van der Waals surface area contributed by atoms with E-state index in [1.54, 1.807) is 18.2 Å². The van der Waals surface area contributed by atoms with E-state index in [-0.39, 0.29) is 0 Å². The Morgan fingerprint density at radius 1 is 1.24 bits per heavy atom. The van der Waals surface area contributed by atoms with Gasteiger partial charge in [-0.05, 0) is 44.0 Å². The summed E-state index contributed by atoms with van der Waals surface area (Å²) in [6, 6.07) is 10.8. The van der Waals surface area contributed by atoms with Crippen molar-refractivity contribution in [2.45, 2.75) is 25.4 Å². The fourth-order valence-electron chi connectivity index (χ4n) is 2.75. The van der Waals surface area contributed by atoms with Crippen molar-refractivity contribution >= 4 is 28.5 Å². The molecule has 0 unspecified atom stereocenters. The van der Waals surface area contributed by atoms with Crippen molar-refractivity contribution in [1.82, 2.24) is 14.5 Å². The molecule has 2 N–H and O–H groups in total. The van der Waals surface area contributed by atoms with E-state index < -0.39 is 11.3 Å². The van der Waals surface area contributed by atoms with Gasteiger partial charge in [0.15, 0.2) is 5.65 Å². The van der Waals surface area contributed by atoms with Gasteiger partial charge in [0, 0.05) is 12.2 Å². The summed E-state index contributed by atoms with van der Waals surface area (Å²) in [6.45, 7) is 2.22. The first-order valence-corrected chi connectivity index (χ1v) is 8.46. The van der Waals surface area contributed by atoms with E-state index in [2.05, 4.69) is 15.3 Å². The van der Waals surface area contributed by atoms with Crippen LogP contribution in [0.1, 0.15) is 18.5 Å². The maximum atomic E-state index is 12.7. The smallest absolute Gasteiger partial charge is 0.355 e. The molecule has 2 aromatic heterocycles. The number of halogens is 1. The summed E-state index contributed by atoms with van der Waals surface area (Å²) in [5.74, 6) is 0.427. The lowest BCUT2D eigenvalue weighted by Gasteiger charge is -2.15. The summed E-state index contributed by atoms with van der Waals surface area (Å²) in [7, 11) is 0. The maximum Gasteiger partial charge on any atom is 0.355 e. The van der Waals surface area contributed by atoms with E-state index in [0.717, 1.165) is 18.5 Å². The molecule has 1 aliphatic carbocycles. The molecule has 25 heavy (non-hydrogen) atoms. The molecular formula is C18H17ClN4O2. The lowest BCUT2D eigenvalue weighted by Crippen LogP contribution is -2.27. The van der Waals surface area contributed by atoms with Gasteiger partial charge < -0.3 is 10.4 Å². The average Bonchev–Trinajstić information content (AvgIpc) is 3.32. The quantitative estimate of drug-likeness (QED) is 0.751. The number of hydrogen-bond donors (Lipinski definition) is 2. The molecule has 2 heterocycles. The Bertz CT molecular complexity index is 1030. The van der Waals surface area contributed by atoms with Crippen LogP contribution in [0.15, 0.2) is 41.2 Å². The Hall–Kier alpha value is -2.44. The van der Waals surface area contributed by atoms with E-state index in [1.165, 1.54) is 4.57 Å². The van der Waals surface area contributed by atoms with E-state index in [4.69, 9.17) is 11.6 Å². The van der Waals surface area contributed by atoms with Crippen molar-refractivity contribution in [1.29, 1.82) is 0 Å². The minimum Gasteiger partial charge on any atom is -0.388 e. The van der Waals surface area contributed by atoms with Gasteiger partial charge in [-0.1, -0.05) is 23.7 Å². The number of anilines is 1. The van der Waals surface area contributed by atoms with Crippen LogP contribution in [0.2, 0.25) is 5.02 Å². The number of aryl methyl sites for hydroxylation is 1. The molecule has 0 radical (unpaired) electrons. The van der Waals surface area contributed by atoms with Crippen LogP contribution in [0.5, 0.6) is 0 Å². The Kier molecular flexibility index (Phi) is 3.74. The highest BCUT2D eigenvalue weighted by atomic mass is 35.5. The molecule has 0 saturated heterocycles. The highest BCUT2D eigenvalue weighted by molar-refractivity contribution is 6.32. The number of nitrogens with one attached hydrogen (secondary N) is 1. The molecule has 0 bridgehead atoms. The first-order chi connectivity index (χ1) is 12.0. The molecule has 3 aromatic rings. The largest absolute Gasteiger partial charge is 0.388 e. The molecular weight excluding hydrogens is 340 g/mol. The molecule has 1 aliphatic rings. The average molecular weight is 357 g/mol. The zero-order chi connectivity index (χ0) is 17.6. The first kappa shape index (κ1) is 16.1. The Balaban J connectivity index is 1.92. The van der Waals surface area contributed by atoms with E-state index in [9.17, 15) is 9.90 Å². The van der Waals surface area contributed by atoms with Crippen molar-refractivity contribution < 1.29 is 5.11 Å². The summed E-state index contributed by atoms with van der Waals surface area (Å²) >= 11 is 6.28. The Labute approximate surface area is 149 Å². The fourth-order valence-corrected chi connectivity index (χ4v) is 2.97. The number of nitrogens with zero attached hydrogens (tertiary/aromatic N) is 3. The number of benzene rings is 1. The Morgan fingerprint density at radius 2 is 2.00 bits per heavy atom. The molecule has 0 aliphatic heterocycles. The minimum atomic E-state index is -0.691. The van der Waals surface area contributed by atoms with Crippen LogP contribution in [0.25, 0.3) is 16.7 Å². The standard InChI is InChI=1S/C18H17ClN4O2/c1-11-6-7-12-15(20-10-18(25)8-9-18)22-17(24)23(16(12)21-11)14-5-3-2-4-13(14)19/h2-7,25H,8-10H2,1H3,(H,20,22,24). The highest BCUT2D eigenvalue weighted by Gasteiger charge is 2.40. The van der Waals surface area contributed by atoms with Crippen molar-refractivity contribution in [3.63, 3.8) is 0 Å². The zero-order valence-corrected chi connectivity index (χ0v) is 14.4. The first-order valence-electron chi connectivity index (χ1n) is 8.08. The van der Waals surface area contributed by atoms with Gasteiger partial charge in [-0.25, -0.2) is 14.3 Å². The topological polar surface area (TPSA) is 80.0 Å².